The van der Waals surface area contributed by atoms with E-state index in [-0.39, 0.29) is 17.1 Å². The Morgan fingerprint density at radius 1 is 1.21 bits per heavy atom. The lowest BCUT2D eigenvalue weighted by atomic mass is 9.80. The minimum atomic E-state index is -0.457. The summed E-state index contributed by atoms with van der Waals surface area (Å²) in [6, 6.07) is 0. The largest absolute Gasteiger partial charge is 0.484 e. The molecule has 5 heteroatoms. The average Bonchev–Trinajstić information content (AvgIpc) is 2.22. The fraction of sp³-hybridized carbons (Fsp3) is 0.889. The second-order valence-electron chi connectivity index (χ2n) is 4.59. The minimum Gasteiger partial charge on any atom is -0.402 e. The smallest absolute Gasteiger partial charge is 0.402 e. The summed E-state index contributed by atoms with van der Waals surface area (Å²) in [6.07, 6.45) is 1.51. The van der Waals surface area contributed by atoms with Crippen molar-refractivity contribution in [3.05, 3.63) is 0 Å². The van der Waals surface area contributed by atoms with Gasteiger partial charge in [-0.25, -0.2) is 9.79 Å². The standard InChI is InChI=1S/C9H16BNO3/c1-7(11-6-12)10-13-8(2,3)9(4,5)14-10/h7H,1-5H3. The van der Waals surface area contributed by atoms with Crippen molar-refractivity contribution in [1.82, 2.24) is 0 Å². The first kappa shape index (κ1) is 11.4. The molecule has 0 aromatic rings. The lowest BCUT2D eigenvalue weighted by Gasteiger charge is -2.32. The monoisotopic (exact) mass is 197 g/mol. The highest BCUT2D eigenvalue weighted by molar-refractivity contribution is 6.47. The van der Waals surface area contributed by atoms with Crippen molar-refractivity contribution in [2.75, 3.05) is 0 Å². The van der Waals surface area contributed by atoms with Crippen LogP contribution in [0.15, 0.2) is 4.99 Å². The quantitative estimate of drug-likeness (QED) is 0.381. The van der Waals surface area contributed by atoms with Crippen LogP contribution in [-0.4, -0.2) is 30.3 Å². The van der Waals surface area contributed by atoms with Crippen molar-refractivity contribution in [2.24, 2.45) is 4.99 Å². The molecule has 4 nitrogen and oxygen atoms in total. The van der Waals surface area contributed by atoms with Gasteiger partial charge < -0.3 is 9.31 Å². The maximum atomic E-state index is 10.1. The normalized spacial score (nSPS) is 25.6. The summed E-state index contributed by atoms with van der Waals surface area (Å²) in [5, 5.41) is 0. The topological polar surface area (TPSA) is 47.9 Å². The van der Waals surface area contributed by atoms with Crippen LogP contribution < -0.4 is 0 Å². The van der Waals surface area contributed by atoms with E-state index in [0.717, 1.165) is 0 Å². The highest BCUT2D eigenvalue weighted by Gasteiger charge is 2.53. The Hall–Kier alpha value is -0.635. The van der Waals surface area contributed by atoms with Gasteiger partial charge >= 0.3 is 7.12 Å². The predicted molar refractivity (Wildman–Crippen MR) is 53.7 cm³/mol. The number of isocyanates is 1. The van der Waals surface area contributed by atoms with Crippen LogP contribution >= 0.6 is 0 Å². The van der Waals surface area contributed by atoms with E-state index in [1.54, 1.807) is 6.92 Å². The van der Waals surface area contributed by atoms with Crippen LogP contribution in [0.5, 0.6) is 0 Å². The Morgan fingerprint density at radius 2 is 1.64 bits per heavy atom. The van der Waals surface area contributed by atoms with Gasteiger partial charge in [0.05, 0.1) is 17.1 Å². The van der Waals surface area contributed by atoms with Crippen molar-refractivity contribution in [2.45, 2.75) is 51.8 Å². The van der Waals surface area contributed by atoms with Gasteiger partial charge in [-0.15, -0.1) is 0 Å². The molecule has 0 radical (unpaired) electrons. The van der Waals surface area contributed by atoms with E-state index in [1.165, 1.54) is 6.08 Å². The molecule has 78 valence electrons. The molecule has 0 aromatic carbocycles. The fourth-order valence-corrected chi connectivity index (χ4v) is 1.23. The van der Waals surface area contributed by atoms with Crippen LogP contribution in [0.2, 0.25) is 0 Å². The Morgan fingerprint density at radius 3 is 2.00 bits per heavy atom. The molecule has 1 atom stereocenters. The zero-order chi connectivity index (χ0) is 11.0. The van der Waals surface area contributed by atoms with Gasteiger partial charge in [-0.2, -0.15) is 0 Å². The third kappa shape index (κ3) is 1.90. The maximum Gasteiger partial charge on any atom is 0.484 e. The van der Waals surface area contributed by atoms with Gasteiger partial charge in [0.1, 0.15) is 0 Å². The van der Waals surface area contributed by atoms with Crippen LogP contribution in [0.3, 0.4) is 0 Å². The molecule has 0 aromatic heterocycles. The molecule has 0 N–H and O–H groups in total. The Kier molecular flexibility index (Phi) is 2.86. The zero-order valence-electron chi connectivity index (χ0n) is 9.33. The average molecular weight is 197 g/mol. The van der Waals surface area contributed by atoms with Crippen LogP contribution in [-0.2, 0) is 14.1 Å². The molecule has 0 bridgehead atoms. The fourth-order valence-electron chi connectivity index (χ4n) is 1.23. The van der Waals surface area contributed by atoms with Crippen LogP contribution in [0.4, 0.5) is 0 Å². The van der Waals surface area contributed by atoms with E-state index in [2.05, 4.69) is 4.99 Å². The number of carbonyl (C=O) groups excluding carboxylic acids is 1. The lowest BCUT2D eigenvalue weighted by molar-refractivity contribution is 0.00578. The molecule has 1 saturated heterocycles. The van der Waals surface area contributed by atoms with Gasteiger partial charge in [0, 0.05) is 0 Å². The van der Waals surface area contributed by atoms with Crippen LogP contribution in [0.25, 0.3) is 0 Å². The van der Waals surface area contributed by atoms with Crippen molar-refractivity contribution in [1.29, 1.82) is 0 Å². The van der Waals surface area contributed by atoms with Gasteiger partial charge in [-0.05, 0) is 34.6 Å². The molecule has 1 aliphatic heterocycles. The molecular weight excluding hydrogens is 181 g/mol. The van der Waals surface area contributed by atoms with E-state index in [4.69, 9.17) is 9.31 Å². The maximum absolute atomic E-state index is 10.1. The second-order valence-corrected chi connectivity index (χ2v) is 4.59. The zero-order valence-corrected chi connectivity index (χ0v) is 9.33. The van der Waals surface area contributed by atoms with Gasteiger partial charge in [-0.3, -0.25) is 0 Å². The van der Waals surface area contributed by atoms with E-state index in [0.29, 0.717) is 0 Å². The summed E-state index contributed by atoms with van der Waals surface area (Å²) >= 11 is 0. The predicted octanol–water partition coefficient (Wildman–Crippen LogP) is 1.34. The third-order valence-electron chi connectivity index (χ3n) is 2.92. The van der Waals surface area contributed by atoms with E-state index in [1.807, 2.05) is 27.7 Å². The highest BCUT2D eigenvalue weighted by atomic mass is 16.7. The molecule has 0 amide bonds. The van der Waals surface area contributed by atoms with Gasteiger partial charge in [0.25, 0.3) is 0 Å². The molecule has 1 rings (SSSR count). The molecule has 14 heavy (non-hydrogen) atoms. The van der Waals surface area contributed by atoms with Crippen LogP contribution in [0, 0.1) is 0 Å². The summed E-state index contributed by atoms with van der Waals surface area (Å²) in [5.41, 5.74) is -0.741. The summed E-state index contributed by atoms with van der Waals surface area (Å²) < 4.78 is 11.4. The first-order valence-corrected chi connectivity index (χ1v) is 4.73. The first-order valence-electron chi connectivity index (χ1n) is 4.73. The Balaban J connectivity index is 2.77. The van der Waals surface area contributed by atoms with Crippen molar-refractivity contribution in [3.8, 4) is 0 Å². The van der Waals surface area contributed by atoms with Crippen molar-refractivity contribution < 1.29 is 14.1 Å². The molecule has 1 heterocycles. The first-order chi connectivity index (χ1) is 6.30. The number of hydrogen-bond acceptors (Lipinski definition) is 4. The Bertz CT molecular complexity index is 255. The molecule has 1 fully saturated rings. The third-order valence-corrected chi connectivity index (χ3v) is 2.92. The van der Waals surface area contributed by atoms with E-state index >= 15 is 0 Å². The Labute approximate surface area is 84.8 Å². The number of rotatable bonds is 2. The molecule has 1 aliphatic rings. The van der Waals surface area contributed by atoms with Gasteiger partial charge in [-0.1, -0.05) is 0 Å². The van der Waals surface area contributed by atoms with Gasteiger partial charge in [0.2, 0.25) is 6.08 Å². The van der Waals surface area contributed by atoms with E-state index in [9.17, 15) is 4.79 Å². The molecule has 1 unspecified atom stereocenters. The lowest BCUT2D eigenvalue weighted by Crippen LogP contribution is -2.41. The highest BCUT2D eigenvalue weighted by Crippen LogP contribution is 2.37. The van der Waals surface area contributed by atoms with Crippen molar-refractivity contribution >= 4 is 13.2 Å². The molecule has 0 aliphatic carbocycles. The summed E-state index contributed by atoms with van der Waals surface area (Å²) in [6.45, 7) is 9.62. The summed E-state index contributed by atoms with van der Waals surface area (Å²) in [4.78, 5) is 13.7. The molecule has 0 saturated carbocycles. The SMILES string of the molecule is CC(N=C=O)B1OC(C)(C)C(C)(C)O1. The van der Waals surface area contributed by atoms with Crippen LogP contribution in [0.1, 0.15) is 34.6 Å². The summed E-state index contributed by atoms with van der Waals surface area (Å²) in [7, 11) is -0.457. The minimum absolute atomic E-state index is 0.312. The second kappa shape index (κ2) is 3.50. The number of nitrogens with zero attached hydrogens (tertiary/aromatic N) is 1. The number of aliphatic imine (C=N–C) groups is 1. The van der Waals surface area contributed by atoms with E-state index < -0.39 is 7.12 Å². The number of hydrogen-bond donors (Lipinski definition) is 0. The van der Waals surface area contributed by atoms with Crippen molar-refractivity contribution in [3.63, 3.8) is 0 Å². The molecule has 0 spiro atoms. The summed E-state index contributed by atoms with van der Waals surface area (Å²) in [5.74, 6) is -0.312. The van der Waals surface area contributed by atoms with Gasteiger partial charge in [0.15, 0.2) is 0 Å². The molecular formula is C9H16BNO3.